The molecule has 0 saturated heterocycles. The first-order chi connectivity index (χ1) is 2.89. The van der Waals surface area contributed by atoms with Gasteiger partial charge in [-0.15, -0.1) is 0 Å². The molecule has 0 fully saturated rings. The molecule has 0 amide bonds. The van der Waals surface area contributed by atoms with Crippen molar-refractivity contribution >= 4 is 0 Å². The van der Waals surface area contributed by atoms with Crippen molar-refractivity contribution in [3.63, 3.8) is 0 Å². The van der Waals surface area contributed by atoms with Crippen LogP contribution in [0.3, 0.4) is 0 Å². The molecule has 0 aliphatic carbocycles. The van der Waals surface area contributed by atoms with Crippen LogP contribution in [0.1, 0.15) is 0 Å². The molecule has 0 atom stereocenters. The first-order valence-corrected chi connectivity index (χ1v) is 1.72. The van der Waals surface area contributed by atoms with Crippen LogP contribution < -0.4 is 0 Å². The van der Waals surface area contributed by atoms with Crippen molar-refractivity contribution in [3.8, 4) is 0 Å². The van der Waals surface area contributed by atoms with Crippen molar-refractivity contribution in [2.45, 2.75) is 0 Å². The van der Waals surface area contributed by atoms with Gasteiger partial charge in [0.15, 0.2) is 0 Å². The Labute approximate surface area is 35.0 Å². The molecule has 4 nitrogen and oxygen atoms in total. The SMILES string of the molecule is [O-]N1CCN=N1. The summed E-state index contributed by atoms with van der Waals surface area (Å²) in [6.45, 7) is 0.990. The molecule has 0 unspecified atom stereocenters. The zero-order valence-corrected chi connectivity index (χ0v) is 3.16. The normalized spacial score (nSPS) is 19.8. The van der Waals surface area contributed by atoms with Crippen molar-refractivity contribution in [1.82, 2.24) is 5.17 Å². The molecular formula is C2H4N3O-. The minimum Gasteiger partial charge on any atom is -0.740 e. The predicted molar refractivity (Wildman–Crippen MR) is 19.8 cm³/mol. The van der Waals surface area contributed by atoms with Gasteiger partial charge in [0.1, 0.15) is 0 Å². The summed E-state index contributed by atoms with van der Waals surface area (Å²) < 4.78 is 0. The average molecular weight is 86.1 g/mol. The van der Waals surface area contributed by atoms with E-state index in [-0.39, 0.29) is 0 Å². The van der Waals surface area contributed by atoms with E-state index in [4.69, 9.17) is 0 Å². The van der Waals surface area contributed by atoms with Crippen LogP contribution in [-0.2, 0) is 0 Å². The fourth-order valence-electron chi connectivity index (χ4n) is 0.290. The molecule has 1 heterocycles. The molecule has 34 valence electrons. The summed E-state index contributed by atoms with van der Waals surface area (Å²) in [7, 11) is 0. The maximum absolute atomic E-state index is 9.90. The molecule has 0 radical (unpaired) electrons. The number of rotatable bonds is 0. The van der Waals surface area contributed by atoms with Crippen molar-refractivity contribution in [1.29, 1.82) is 0 Å². The highest BCUT2D eigenvalue weighted by atomic mass is 16.5. The van der Waals surface area contributed by atoms with E-state index in [1.807, 2.05) is 0 Å². The van der Waals surface area contributed by atoms with Gasteiger partial charge in [-0.25, -0.2) is 0 Å². The molecule has 6 heavy (non-hydrogen) atoms. The second-order valence-corrected chi connectivity index (χ2v) is 1.03. The van der Waals surface area contributed by atoms with Gasteiger partial charge in [-0.05, 0) is 0 Å². The highest BCUT2D eigenvalue weighted by Crippen LogP contribution is 1.93. The zero-order chi connectivity index (χ0) is 4.41. The molecule has 0 N–H and O–H groups in total. The van der Waals surface area contributed by atoms with Gasteiger partial charge in [-0.3, -0.25) is 0 Å². The largest absolute Gasteiger partial charge is 0.740 e. The second kappa shape index (κ2) is 1.22. The van der Waals surface area contributed by atoms with Crippen molar-refractivity contribution in [3.05, 3.63) is 5.21 Å². The Morgan fingerprint density at radius 1 is 1.67 bits per heavy atom. The Balaban J connectivity index is 2.38. The van der Waals surface area contributed by atoms with Crippen LogP contribution in [0.5, 0.6) is 0 Å². The standard InChI is InChI=1S/C2H4N3O/c6-5-2-1-3-4-5/h1-2H2/q-1. The summed E-state index contributed by atoms with van der Waals surface area (Å²) in [6.07, 6.45) is 0. The Morgan fingerprint density at radius 3 is 2.67 bits per heavy atom. The van der Waals surface area contributed by atoms with Crippen molar-refractivity contribution in [2.24, 2.45) is 10.3 Å². The summed E-state index contributed by atoms with van der Waals surface area (Å²) in [6, 6.07) is 0. The molecule has 0 spiro atoms. The second-order valence-electron chi connectivity index (χ2n) is 1.03. The van der Waals surface area contributed by atoms with Gasteiger partial charge in [0.05, 0.1) is 6.54 Å². The molecule has 0 aromatic rings. The van der Waals surface area contributed by atoms with Gasteiger partial charge >= 0.3 is 0 Å². The summed E-state index contributed by atoms with van der Waals surface area (Å²) in [4.78, 5) is 0. The van der Waals surface area contributed by atoms with Crippen LogP contribution in [0, 0.1) is 5.21 Å². The molecule has 4 heteroatoms. The van der Waals surface area contributed by atoms with E-state index in [2.05, 4.69) is 10.3 Å². The van der Waals surface area contributed by atoms with E-state index in [0.29, 0.717) is 18.3 Å². The summed E-state index contributed by atoms with van der Waals surface area (Å²) in [5, 5.41) is 17.0. The highest BCUT2D eigenvalue weighted by molar-refractivity contribution is 4.55. The zero-order valence-electron chi connectivity index (χ0n) is 3.16. The predicted octanol–water partition coefficient (Wildman–Crippen LogP) is 0.167. The molecule has 0 aromatic heterocycles. The smallest absolute Gasteiger partial charge is 0.0803 e. The molecule has 1 aliphatic rings. The number of nitrogens with zero attached hydrogens (tertiary/aromatic N) is 3. The van der Waals surface area contributed by atoms with Gasteiger partial charge < -0.3 is 10.4 Å². The minimum atomic E-state index is 0.431. The van der Waals surface area contributed by atoms with Gasteiger partial charge in [0.25, 0.3) is 0 Å². The third-order valence-corrected chi connectivity index (χ3v) is 0.554. The Hall–Kier alpha value is -0.640. The minimum absolute atomic E-state index is 0.431. The summed E-state index contributed by atoms with van der Waals surface area (Å²) in [5.41, 5.74) is 0. The van der Waals surface area contributed by atoms with Crippen LogP contribution in [0.15, 0.2) is 10.3 Å². The molecule has 1 rings (SSSR count). The first kappa shape index (κ1) is 3.55. The van der Waals surface area contributed by atoms with Gasteiger partial charge in [-0.1, -0.05) is 5.22 Å². The molecule has 0 bridgehead atoms. The Morgan fingerprint density at radius 2 is 2.50 bits per heavy atom. The fraction of sp³-hybridized carbons (Fsp3) is 1.00. The van der Waals surface area contributed by atoms with E-state index in [1.165, 1.54) is 0 Å². The van der Waals surface area contributed by atoms with Crippen LogP contribution >= 0.6 is 0 Å². The Kier molecular flexibility index (Phi) is 0.719. The van der Waals surface area contributed by atoms with Crippen LogP contribution in [0.25, 0.3) is 0 Å². The van der Waals surface area contributed by atoms with Crippen LogP contribution in [0.2, 0.25) is 0 Å². The number of hydrogen-bond donors (Lipinski definition) is 0. The lowest BCUT2D eigenvalue weighted by molar-refractivity contribution is 0.446. The lowest BCUT2D eigenvalue weighted by atomic mass is 10.7. The van der Waals surface area contributed by atoms with E-state index >= 15 is 0 Å². The van der Waals surface area contributed by atoms with Crippen LogP contribution in [0.4, 0.5) is 0 Å². The molecule has 1 aliphatic heterocycles. The van der Waals surface area contributed by atoms with Gasteiger partial charge in [0.2, 0.25) is 0 Å². The average Bonchev–Trinajstić information content (AvgIpc) is 1.86. The van der Waals surface area contributed by atoms with E-state index in [0.717, 1.165) is 0 Å². The third kappa shape index (κ3) is 0.463. The molecule has 0 saturated carbocycles. The fourth-order valence-corrected chi connectivity index (χ4v) is 0.290. The number of hydroxylamine groups is 1. The number of hydrogen-bond acceptors (Lipinski definition) is 4. The maximum Gasteiger partial charge on any atom is 0.0803 e. The van der Waals surface area contributed by atoms with Gasteiger partial charge in [0, 0.05) is 6.54 Å². The van der Waals surface area contributed by atoms with E-state index in [1.54, 1.807) is 0 Å². The maximum atomic E-state index is 9.90. The lowest BCUT2D eigenvalue weighted by Crippen LogP contribution is -2.04. The highest BCUT2D eigenvalue weighted by Gasteiger charge is 1.90. The Bertz CT molecular complexity index is 71.2. The van der Waals surface area contributed by atoms with E-state index < -0.39 is 0 Å². The summed E-state index contributed by atoms with van der Waals surface area (Å²) >= 11 is 0. The van der Waals surface area contributed by atoms with Gasteiger partial charge in [-0.2, -0.15) is 5.11 Å². The van der Waals surface area contributed by atoms with Crippen molar-refractivity contribution < 1.29 is 0 Å². The first-order valence-electron chi connectivity index (χ1n) is 1.72. The molecular weight excluding hydrogens is 82.0 g/mol. The topological polar surface area (TPSA) is 51.0 Å². The van der Waals surface area contributed by atoms with Crippen molar-refractivity contribution in [2.75, 3.05) is 13.1 Å². The third-order valence-electron chi connectivity index (χ3n) is 0.554. The lowest BCUT2D eigenvalue weighted by Gasteiger charge is -2.13. The monoisotopic (exact) mass is 86.0 g/mol. The molecule has 0 aromatic carbocycles. The quantitative estimate of drug-likeness (QED) is 0.421. The summed E-state index contributed by atoms with van der Waals surface area (Å²) in [5.74, 6) is 0. The van der Waals surface area contributed by atoms with E-state index in [9.17, 15) is 5.21 Å². The van der Waals surface area contributed by atoms with Crippen LogP contribution in [-0.4, -0.2) is 18.3 Å².